The summed E-state index contributed by atoms with van der Waals surface area (Å²) >= 11 is 1.65. The Morgan fingerprint density at radius 1 is 1.42 bits per heavy atom. The highest BCUT2D eigenvalue weighted by molar-refractivity contribution is 7.07. The molecule has 1 aliphatic heterocycles. The van der Waals surface area contributed by atoms with Gasteiger partial charge in [-0.2, -0.15) is 0 Å². The van der Waals surface area contributed by atoms with E-state index in [9.17, 15) is 0 Å². The van der Waals surface area contributed by atoms with E-state index >= 15 is 0 Å². The zero-order chi connectivity index (χ0) is 13.2. The van der Waals surface area contributed by atoms with E-state index in [1.54, 1.807) is 11.3 Å². The van der Waals surface area contributed by atoms with E-state index in [0.29, 0.717) is 5.92 Å². The van der Waals surface area contributed by atoms with Gasteiger partial charge in [0.05, 0.1) is 11.2 Å². The van der Waals surface area contributed by atoms with Gasteiger partial charge in [-0.15, -0.1) is 11.3 Å². The Labute approximate surface area is 118 Å². The van der Waals surface area contributed by atoms with Crippen LogP contribution in [0.25, 0.3) is 11.3 Å². The van der Waals surface area contributed by atoms with Crippen molar-refractivity contribution >= 4 is 17.0 Å². The number of aromatic nitrogens is 1. The van der Waals surface area contributed by atoms with Crippen molar-refractivity contribution in [1.29, 1.82) is 0 Å². The molecule has 0 bridgehead atoms. The highest BCUT2D eigenvalue weighted by Gasteiger charge is 2.22. The van der Waals surface area contributed by atoms with Crippen LogP contribution in [-0.4, -0.2) is 37.1 Å². The minimum Gasteiger partial charge on any atom is -0.384 e. The van der Waals surface area contributed by atoms with Gasteiger partial charge in [0, 0.05) is 29.1 Å². The van der Waals surface area contributed by atoms with Gasteiger partial charge in [0.2, 0.25) is 0 Å². The van der Waals surface area contributed by atoms with Crippen LogP contribution in [0.5, 0.6) is 0 Å². The van der Waals surface area contributed by atoms with Crippen LogP contribution in [0.15, 0.2) is 29.1 Å². The number of thiazole rings is 1. The standard InChI is InChI=1S/C15H19N3S/c1-18(2)6-5-12-8-16-14-4-3-11(7-13(12)14)15-9-19-10-17-15/h3-4,7,9-10,12,16H,5-6,8H2,1-2H3. The third-order valence-electron chi connectivity index (χ3n) is 3.68. The van der Waals surface area contributed by atoms with Crippen molar-refractivity contribution in [3.63, 3.8) is 0 Å². The predicted molar refractivity (Wildman–Crippen MR) is 82.0 cm³/mol. The lowest BCUT2D eigenvalue weighted by atomic mass is 9.95. The first-order valence-electron chi connectivity index (χ1n) is 6.65. The second kappa shape index (κ2) is 5.31. The topological polar surface area (TPSA) is 28.2 Å². The van der Waals surface area contributed by atoms with Crippen molar-refractivity contribution in [2.75, 3.05) is 32.5 Å². The van der Waals surface area contributed by atoms with Gasteiger partial charge in [-0.05, 0) is 44.8 Å². The summed E-state index contributed by atoms with van der Waals surface area (Å²) in [6, 6.07) is 6.67. The molecule has 3 rings (SSSR count). The Morgan fingerprint density at radius 3 is 3.05 bits per heavy atom. The second-order valence-corrected chi connectivity index (χ2v) is 6.06. The van der Waals surface area contributed by atoms with Gasteiger partial charge in [0.1, 0.15) is 0 Å². The summed E-state index contributed by atoms with van der Waals surface area (Å²) in [5.41, 5.74) is 6.96. The van der Waals surface area contributed by atoms with Gasteiger partial charge in [0.15, 0.2) is 0 Å². The minimum absolute atomic E-state index is 0.621. The number of hydrogen-bond donors (Lipinski definition) is 1. The van der Waals surface area contributed by atoms with E-state index in [1.165, 1.54) is 23.2 Å². The fourth-order valence-corrected chi connectivity index (χ4v) is 3.15. The van der Waals surface area contributed by atoms with Gasteiger partial charge < -0.3 is 10.2 Å². The largest absolute Gasteiger partial charge is 0.384 e. The van der Waals surface area contributed by atoms with Crippen LogP contribution in [0.4, 0.5) is 5.69 Å². The van der Waals surface area contributed by atoms with Crippen LogP contribution in [0.1, 0.15) is 17.9 Å². The van der Waals surface area contributed by atoms with Gasteiger partial charge >= 0.3 is 0 Å². The van der Waals surface area contributed by atoms with Crippen molar-refractivity contribution in [3.8, 4) is 11.3 Å². The third-order valence-corrected chi connectivity index (χ3v) is 4.27. The van der Waals surface area contributed by atoms with Crippen molar-refractivity contribution in [2.45, 2.75) is 12.3 Å². The molecule has 0 amide bonds. The molecule has 0 aliphatic carbocycles. The van der Waals surface area contributed by atoms with E-state index < -0.39 is 0 Å². The molecule has 0 radical (unpaired) electrons. The molecule has 1 atom stereocenters. The van der Waals surface area contributed by atoms with E-state index in [1.807, 2.05) is 5.51 Å². The average molecular weight is 273 g/mol. The Morgan fingerprint density at radius 2 is 2.32 bits per heavy atom. The summed E-state index contributed by atoms with van der Waals surface area (Å²) in [5, 5.41) is 5.62. The molecule has 1 aromatic heterocycles. The zero-order valence-electron chi connectivity index (χ0n) is 11.4. The zero-order valence-corrected chi connectivity index (χ0v) is 12.2. The normalized spacial score (nSPS) is 17.5. The van der Waals surface area contributed by atoms with E-state index in [4.69, 9.17) is 0 Å². The molecule has 0 fully saturated rings. The molecule has 100 valence electrons. The summed E-state index contributed by atoms with van der Waals surface area (Å²) in [7, 11) is 4.27. The summed E-state index contributed by atoms with van der Waals surface area (Å²) in [6.07, 6.45) is 1.20. The fraction of sp³-hybridized carbons (Fsp3) is 0.400. The first-order valence-corrected chi connectivity index (χ1v) is 7.59. The quantitative estimate of drug-likeness (QED) is 0.926. The molecule has 2 heterocycles. The Hall–Kier alpha value is -1.39. The number of rotatable bonds is 4. The van der Waals surface area contributed by atoms with Crippen molar-refractivity contribution < 1.29 is 0 Å². The van der Waals surface area contributed by atoms with Crippen molar-refractivity contribution in [1.82, 2.24) is 9.88 Å². The molecular formula is C15H19N3S. The lowest BCUT2D eigenvalue weighted by Gasteiger charge is -2.14. The number of benzene rings is 1. The third kappa shape index (κ3) is 2.65. The maximum absolute atomic E-state index is 4.40. The maximum atomic E-state index is 4.40. The molecule has 3 nitrogen and oxygen atoms in total. The van der Waals surface area contributed by atoms with Crippen molar-refractivity contribution in [2.24, 2.45) is 0 Å². The molecule has 19 heavy (non-hydrogen) atoms. The molecule has 1 aromatic carbocycles. The van der Waals surface area contributed by atoms with Gasteiger partial charge in [-0.1, -0.05) is 6.07 Å². The van der Waals surface area contributed by atoms with Crippen LogP contribution in [0.2, 0.25) is 0 Å². The molecule has 0 saturated heterocycles. The van der Waals surface area contributed by atoms with Crippen LogP contribution >= 0.6 is 11.3 Å². The molecule has 1 aliphatic rings. The van der Waals surface area contributed by atoms with Gasteiger partial charge in [-0.25, -0.2) is 4.98 Å². The van der Waals surface area contributed by atoms with E-state index in [0.717, 1.165) is 18.8 Å². The summed E-state index contributed by atoms with van der Waals surface area (Å²) in [5.74, 6) is 0.621. The summed E-state index contributed by atoms with van der Waals surface area (Å²) in [6.45, 7) is 2.19. The Balaban J connectivity index is 1.85. The fourth-order valence-electron chi connectivity index (χ4n) is 2.59. The molecule has 0 saturated carbocycles. The van der Waals surface area contributed by atoms with Gasteiger partial charge in [0.25, 0.3) is 0 Å². The highest BCUT2D eigenvalue weighted by Crippen LogP contribution is 2.36. The first-order chi connectivity index (χ1) is 9.24. The van der Waals surface area contributed by atoms with Crippen molar-refractivity contribution in [3.05, 3.63) is 34.7 Å². The number of fused-ring (bicyclic) bond motifs is 1. The van der Waals surface area contributed by atoms with Crippen LogP contribution in [0.3, 0.4) is 0 Å². The van der Waals surface area contributed by atoms with Gasteiger partial charge in [-0.3, -0.25) is 0 Å². The number of nitrogens with zero attached hydrogens (tertiary/aromatic N) is 2. The summed E-state index contributed by atoms with van der Waals surface area (Å²) < 4.78 is 0. The summed E-state index contributed by atoms with van der Waals surface area (Å²) in [4.78, 5) is 6.65. The Bertz CT molecular complexity index is 549. The SMILES string of the molecule is CN(C)CCC1CNc2ccc(-c3cscn3)cc21. The maximum Gasteiger partial charge on any atom is 0.0811 e. The Kier molecular flexibility index (Phi) is 3.53. The molecule has 4 heteroatoms. The first kappa shape index (κ1) is 12.6. The van der Waals surface area contributed by atoms with E-state index in [-0.39, 0.29) is 0 Å². The lowest BCUT2D eigenvalue weighted by Crippen LogP contribution is -2.16. The number of nitrogens with one attached hydrogen (secondary N) is 1. The number of anilines is 1. The average Bonchev–Trinajstić information content (AvgIpc) is 3.05. The molecule has 1 unspecified atom stereocenters. The molecule has 2 aromatic rings. The highest BCUT2D eigenvalue weighted by atomic mass is 32.1. The molecule has 1 N–H and O–H groups in total. The van der Waals surface area contributed by atoms with Crippen LogP contribution in [-0.2, 0) is 0 Å². The van der Waals surface area contributed by atoms with Crippen LogP contribution in [0, 0.1) is 0 Å². The number of hydrogen-bond acceptors (Lipinski definition) is 4. The molecule has 0 spiro atoms. The lowest BCUT2D eigenvalue weighted by molar-refractivity contribution is 0.386. The monoisotopic (exact) mass is 273 g/mol. The van der Waals surface area contributed by atoms with Crippen LogP contribution < -0.4 is 5.32 Å². The molecular weight excluding hydrogens is 254 g/mol. The second-order valence-electron chi connectivity index (χ2n) is 5.35. The minimum atomic E-state index is 0.621. The smallest absolute Gasteiger partial charge is 0.0811 e. The van der Waals surface area contributed by atoms with E-state index in [2.05, 4.69) is 52.9 Å². The predicted octanol–water partition coefficient (Wildman–Crippen LogP) is 3.27.